The van der Waals surface area contributed by atoms with Crippen molar-refractivity contribution in [3.63, 3.8) is 0 Å². The number of nitrogen functional groups attached to an aromatic ring is 1. The highest BCUT2D eigenvalue weighted by atomic mass is 79.9. The van der Waals surface area contributed by atoms with Gasteiger partial charge in [0, 0.05) is 10.7 Å². The largest absolute Gasteiger partial charge is 0.481 e. The Morgan fingerprint density at radius 1 is 1.67 bits per heavy atom. The van der Waals surface area contributed by atoms with Crippen molar-refractivity contribution >= 4 is 27.7 Å². The molecule has 4 nitrogen and oxygen atoms in total. The molecular weight excluding hydrogens is 274 g/mol. The number of halogens is 3. The molecule has 1 aromatic rings. The van der Waals surface area contributed by atoms with E-state index in [0.717, 1.165) is 0 Å². The molecule has 0 aliphatic carbocycles. The number of nitrogens with two attached hydrogens (primary N) is 1. The summed E-state index contributed by atoms with van der Waals surface area (Å²) in [6.07, 6.45) is -2.16. The molecular formula is C8H7BrF2N2O2. The molecule has 0 unspecified atom stereocenters. The summed E-state index contributed by atoms with van der Waals surface area (Å²) in [5, 5.41) is 8.56. The van der Waals surface area contributed by atoms with Crippen molar-refractivity contribution in [3.05, 3.63) is 21.8 Å². The van der Waals surface area contributed by atoms with E-state index in [2.05, 4.69) is 20.9 Å². The van der Waals surface area contributed by atoms with Gasteiger partial charge in [-0.1, -0.05) is 0 Å². The van der Waals surface area contributed by atoms with Gasteiger partial charge < -0.3 is 10.8 Å². The van der Waals surface area contributed by atoms with Crippen LogP contribution in [0.25, 0.3) is 0 Å². The lowest BCUT2D eigenvalue weighted by molar-refractivity contribution is -0.136. The topological polar surface area (TPSA) is 76.2 Å². The van der Waals surface area contributed by atoms with E-state index in [1.807, 2.05) is 0 Å². The van der Waals surface area contributed by atoms with Crippen molar-refractivity contribution in [2.45, 2.75) is 12.8 Å². The van der Waals surface area contributed by atoms with Crippen molar-refractivity contribution in [2.24, 2.45) is 0 Å². The average molecular weight is 281 g/mol. The molecule has 0 saturated heterocycles. The summed E-state index contributed by atoms with van der Waals surface area (Å²) in [6, 6.07) is 0. The van der Waals surface area contributed by atoms with Crippen LogP contribution in [-0.4, -0.2) is 16.1 Å². The van der Waals surface area contributed by atoms with Gasteiger partial charge in [-0.05, 0) is 21.5 Å². The number of nitrogens with zero attached hydrogens (tertiary/aromatic N) is 1. The van der Waals surface area contributed by atoms with Gasteiger partial charge >= 0.3 is 5.97 Å². The summed E-state index contributed by atoms with van der Waals surface area (Å²) in [6.45, 7) is 0. The first-order valence-corrected chi connectivity index (χ1v) is 4.65. The molecule has 0 aromatic carbocycles. The van der Waals surface area contributed by atoms with Gasteiger partial charge in [0.25, 0.3) is 6.43 Å². The second-order valence-corrected chi connectivity index (χ2v) is 3.61. The molecule has 15 heavy (non-hydrogen) atoms. The Labute approximate surface area is 92.2 Å². The number of aliphatic carboxylic acids is 1. The summed E-state index contributed by atoms with van der Waals surface area (Å²) in [5.41, 5.74) is 4.70. The van der Waals surface area contributed by atoms with Gasteiger partial charge in [0.2, 0.25) is 0 Å². The molecule has 0 aliphatic heterocycles. The molecule has 0 saturated carbocycles. The van der Waals surface area contributed by atoms with E-state index in [4.69, 9.17) is 10.8 Å². The molecule has 0 aliphatic rings. The lowest BCUT2D eigenvalue weighted by Crippen LogP contribution is -2.09. The standard InChI is InChI=1S/C8H7BrF2N2O2/c9-4-2-13-8(12)6(7(10)11)3(4)1-5(14)15/h2,7H,1H2,(H2,12,13)(H,14,15). The van der Waals surface area contributed by atoms with E-state index in [0.29, 0.717) is 0 Å². The molecule has 1 rings (SSSR count). The zero-order valence-electron chi connectivity index (χ0n) is 7.38. The third-order valence-electron chi connectivity index (χ3n) is 1.75. The smallest absolute Gasteiger partial charge is 0.307 e. The molecule has 7 heteroatoms. The zero-order valence-corrected chi connectivity index (χ0v) is 8.96. The van der Waals surface area contributed by atoms with Crippen LogP contribution in [0.3, 0.4) is 0 Å². The third-order valence-corrected chi connectivity index (χ3v) is 2.44. The molecule has 0 fully saturated rings. The Bertz CT molecular complexity index is 398. The van der Waals surface area contributed by atoms with Crippen molar-refractivity contribution in [2.75, 3.05) is 5.73 Å². The first kappa shape index (κ1) is 11.8. The van der Waals surface area contributed by atoms with Crippen LogP contribution in [0.4, 0.5) is 14.6 Å². The van der Waals surface area contributed by atoms with Crippen LogP contribution in [-0.2, 0) is 11.2 Å². The summed E-state index contributed by atoms with van der Waals surface area (Å²) in [5.74, 6) is -1.55. The van der Waals surface area contributed by atoms with Crippen molar-refractivity contribution in [1.82, 2.24) is 4.98 Å². The van der Waals surface area contributed by atoms with E-state index < -0.39 is 24.4 Å². The van der Waals surface area contributed by atoms with Crippen molar-refractivity contribution in [3.8, 4) is 0 Å². The van der Waals surface area contributed by atoms with Gasteiger partial charge in [0.15, 0.2) is 0 Å². The molecule has 1 aromatic heterocycles. The van der Waals surface area contributed by atoms with Crippen LogP contribution in [0.2, 0.25) is 0 Å². The molecule has 0 bridgehead atoms. The highest BCUT2D eigenvalue weighted by Crippen LogP contribution is 2.32. The number of anilines is 1. The van der Waals surface area contributed by atoms with Gasteiger partial charge in [-0.3, -0.25) is 4.79 Å². The predicted molar refractivity (Wildman–Crippen MR) is 52.6 cm³/mol. The minimum absolute atomic E-state index is 0.0370. The van der Waals surface area contributed by atoms with E-state index >= 15 is 0 Å². The van der Waals surface area contributed by atoms with Crippen LogP contribution in [0.15, 0.2) is 10.7 Å². The minimum atomic E-state index is -2.84. The van der Waals surface area contributed by atoms with Crippen LogP contribution >= 0.6 is 15.9 Å². The first-order chi connectivity index (χ1) is 6.93. The quantitative estimate of drug-likeness (QED) is 0.888. The summed E-state index contributed by atoms with van der Waals surface area (Å²) >= 11 is 2.96. The molecule has 0 radical (unpaired) electrons. The number of aromatic nitrogens is 1. The van der Waals surface area contributed by atoms with Gasteiger partial charge in [-0.25, -0.2) is 13.8 Å². The van der Waals surface area contributed by atoms with Gasteiger partial charge in [0.05, 0.1) is 12.0 Å². The molecule has 0 amide bonds. The monoisotopic (exact) mass is 280 g/mol. The molecule has 1 heterocycles. The fourth-order valence-electron chi connectivity index (χ4n) is 1.13. The maximum atomic E-state index is 12.6. The number of carboxylic acid groups (broad SMARTS) is 1. The Kier molecular flexibility index (Phi) is 3.57. The fraction of sp³-hybridized carbons (Fsp3) is 0.250. The maximum Gasteiger partial charge on any atom is 0.307 e. The molecule has 3 N–H and O–H groups in total. The van der Waals surface area contributed by atoms with Crippen LogP contribution in [0.1, 0.15) is 17.6 Å². The highest BCUT2D eigenvalue weighted by Gasteiger charge is 2.21. The lowest BCUT2D eigenvalue weighted by atomic mass is 10.1. The molecule has 0 atom stereocenters. The Morgan fingerprint density at radius 2 is 2.27 bits per heavy atom. The Morgan fingerprint density at radius 3 is 2.73 bits per heavy atom. The number of hydrogen-bond donors (Lipinski definition) is 2. The summed E-state index contributed by atoms with van der Waals surface area (Å²) in [4.78, 5) is 14.0. The van der Waals surface area contributed by atoms with Crippen molar-refractivity contribution in [1.29, 1.82) is 0 Å². The molecule has 0 spiro atoms. The number of rotatable bonds is 3. The number of alkyl halides is 2. The Hall–Kier alpha value is -1.24. The second kappa shape index (κ2) is 4.52. The lowest BCUT2D eigenvalue weighted by Gasteiger charge is -2.10. The van der Waals surface area contributed by atoms with E-state index in [9.17, 15) is 13.6 Å². The van der Waals surface area contributed by atoms with Gasteiger partial charge in [-0.15, -0.1) is 0 Å². The zero-order chi connectivity index (χ0) is 11.6. The van der Waals surface area contributed by atoms with Crippen molar-refractivity contribution < 1.29 is 18.7 Å². The number of carboxylic acids is 1. The van der Waals surface area contributed by atoms with E-state index in [-0.39, 0.29) is 15.9 Å². The molecule has 82 valence electrons. The summed E-state index contributed by atoms with van der Waals surface area (Å²) in [7, 11) is 0. The fourth-order valence-corrected chi connectivity index (χ4v) is 1.59. The normalized spacial score (nSPS) is 10.7. The predicted octanol–water partition coefficient (Wildman–Crippen LogP) is 1.99. The SMILES string of the molecule is Nc1ncc(Br)c(CC(=O)O)c1C(F)F. The minimum Gasteiger partial charge on any atom is -0.481 e. The third kappa shape index (κ3) is 2.62. The van der Waals surface area contributed by atoms with Gasteiger partial charge in [-0.2, -0.15) is 0 Å². The summed E-state index contributed by atoms with van der Waals surface area (Å²) < 4.78 is 25.4. The number of pyridine rings is 1. The van der Waals surface area contributed by atoms with E-state index in [1.165, 1.54) is 6.20 Å². The maximum absolute atomic E-state index is 12.6. The highest BCUT2D eigenvalue weighted by molar-refractivity contribution is 9.10. The van der Waals surface area contributed by atoms with Crippen LogP contribution < -0.4 is 5.73 Å². The van der Waals surface area contributed by atoms with Crippen LogP contribution in [0, 0.1) is 0 Å². The first-order valence-electron chi connectivity index (χ1n) is 3.86. The number of carbonyl (C=O) groups is 1. The number of hydrogen-bond acceptors (Lipinski definition) is 3. The van der Waals surface area contributed by atoms with Gasteiger partial charge in [0.1, 0.15) is 5.82 Å². The van der Waals surface area contributed by atoms with E-state index in [1.54, 1.807) is 0 Å². The average Bonchev–Trinajstić information content (AvgIpc) is 2.10. The van der Waals surface area contributed by atoms with Crippen LogP contribution in [0.5, 0.6) is 0 Å². The Balaban J connectivity index is 3.31. The second-order valence-electron chi connectivity index (χ2n) is 2.75.